The Morgan fingerprint density at radius 3 is 2.52 bits per heavy atom. The molecule has 0 aromatic carbocycles. The number of aromatic nitrogens is 1. The summed E-state index contributed by atoms with van der Waals surface area (Å²) in [4.78, 5) is 32.2. The van der Waals surface area contributed by atoms with E-state index < -0.39 is 29.5 Å². The van der Waals surface area contributed by atoms with Crippen molar-refractivity contribution in [2.24, 2.45) is 0 Å². The second kappa shape index (κ2) is 9.64. The summed E-state index contributed by atoms with van der Waals surface area (Å²) in [5.41, 5.74) is -0.375. The topological polar surface area (TPSA) is 84.0 Å². The number of anilines is 1. The number of piperidine rings is 1. The standard InChI is InChI=1S/C22H31F3N4O4/c1-21(2,3)33-20(31)29-9-5-6-16(29)18(30)26-13-14-12-15(23)17(27-19(14)32-4)28-10-7-22(24,25)8-11-28/h12,16H,5-11,13H2,1-4H3,(H,26,30)/t16-/m0/s1. The van der Waals surface area contributed by atoms with Crippen LogP contribution in [-0.2, 0) is 16.1 Å². The number of ether oxygens (including phenoxy) is 2. The predicted molar refractivity (Wildman–Crippen MR) is 115 cm³/mol. The highest BCUT2D eigenvalue weighted by Crippen LogP contribution is 2.32. The third kappa shape index (κ3) is 6.20. The summed E-state index contributed by atoms with van der Waals surface area (Å²) in [5, 5.41) is 2.71. The first-order valence-corrected chi connectivity index (χ1v) is 11.0. The number of hydrogen-bond donors (Lipinski definition) is 1. The Labute approximate surface area is 191 Å². The molecule has 1 aromatic rings. The molecular weight excluding hydrogens is 441 g/mol. The van der Waals surface area contributed by atoms with Crippen LogP contribution in [0.2, 0.25) is 0 Å². The number of nitrogens with zero attached hydrogens (tertiary/aromatic N) is 3. The van der Waals surface area contributed by atoms with E-state index in [2.05, 4.69) is 10.3 Å². The van der Waals surface area contributed by atoms with Gasteiger partial charge in [-0.2, -0.15) is 4.98 Å². The molecule has 2 amide bonds. The molecule has 0 unspecified atom stereocenters. The summed E-state index contributed by atoms with van der Waals surface area (Å²) in [6.45, 7) is 5.57. The molecule has 33 heavy (non-hydrogen) atoms. The Balaban J connectivity index is 1.66. The second-order valence-corrected chi connectivity index (χ2v) is 9.35. The molecule has 1 N–H and O–H groups in total. The summed E-state index contributed by atoms with van der Waals surface area (Å²) < 4.78 is 52.3. The van der Waals surface area contributed by atoms with Crippen LogP contribution in [0.3, 0.4) is 0 Å². The molecule has 184 valence electrons. The van der Waals surface area contributed by atoms with E-state index in [1.54, 1.807) is 20.8 Å². The minimum absolute atomic E-state index is 0.0155. The lowest BCUT2D eigenvalue weighted by molar-refractivity contribution is -0.125. The van der Waals surface area contributed by atoms with E-state index in [0.29, 0.717) is 24.9 Å². The van der Waals surface area contributed by atoms with Gasteiger partial charge in [0.15, 0.2) is 11.6 Å². The van der Waals surface area contributed by atoms with Gasteiger partial charge in [-0.3, -0.25) is 9.69 Å². The highest BCUT2D eigenvalue weighted by molar-refractivity contribution is 5.86. The zero-order valence-electron chi connectivity index (χ0n) is 19.4. The van der Waals surface area contributed by atoms with Crippen LogP contribution in [0, 0.1) is 5.82 Å². The number of amides is 2. The molecule has 8 nitrogen and oxygen atoms in total. The van der Waals surface area contributed by atoms with Crippen molar-refractivity contribution in [1.82, 2.24) is 15.2 Å². The van der Waals surface area contributed by atoms with Crippen LogP contribution < -0.4 is 15.0 Å². The molecule has 2 aliphatic heterocycles. The lowest BCUT2D eigenvalue weighted by Crippen LogP contribution is -2.47. The van der Waals surface area contributed by atoms with Gasteiger partial charge in [-0.25, -0.2) is 18.0 Å². The number of nitrogens with one attached hydrogen (secondary N) is 1. The van der Waals surface area contributed by atoms with Crippen LogP contribution in [0.15, 0.2) is 6.07 Å². The summed E-state index contributed by atoms with van der Waals surface area (Å²) >= 11 is 0. The average Bonchev–Trinajstić information content (AvgIpc) is 3.21. The van der Waals surface area contributed by atoms with Gasteiger partial charge in [0, 0.05) is 44.6 Å². The van der Waals surface area contributed by atoms with Crippen molar-refractivity contribution in [1.29, 1.82) is 0 Å². The van der Waals surface area contributed by atoms with Gasteiger partial charge >= 0.3 is 6.09 Å². The molecule has 3 rings (SSSR count). The third-order valence-electron chi connectivity index (χ3n) is 5.62. The Hall–Kier alpha value is -2.72. The molecule has 0 saturated carbocycles. The van der Waals surface area contributed by atoms with Crippen molar-refractivity contribution in [2.45, 2.75) is 70.6 Å². The maximum absolute atomic E-state index is 14.8. The quantitative estimate of drug-likeness (QED) is 0.707. The number of pyridine rings is 1. The second-order valence-electron chi connectivity index (χ2n) is 9.35. The first kappa shape index (κ1) is 24.9. The maximum Gasteiger partial charge on any atom is 0.410 e. The zero-order chi connectivity index (χ0) is 24.4. The number of rotatable bonds is 5. The lowest BCUT2D eigenvalue weighted by atomic mass is 10.1. The van der Waals surface area contributed by atoms with Gasteiger partial charge in [0.25, 0.3) is 5.92 Å². The average molecular weight is 473 g/mol. The molecule has 0 spiro atoms. The first-order chi connectivity index (χ1) is 15.4. The number of carbonyl (C=O) groups is 2. The van der Waals surface area contributed by atoms with Crippen LogP contribution >= 0.6 is 0 Å². The Bertz CT molecular complexity index is 881. The van der Waals surface area contributed by atoms with Crippen LogP contribution in [0.5, 0.6) is 5.88 Å². The molecule has 2 fully saturated rings. The highest BCUT2D eigenvalue weighted by Gasteiger charge is 2.37. The van der Waals surface area contributed by atoms with Crippen LogP contribution in [0.1, 0.15) is 52.0 Å². The fourth-order valence-corrected chi connectivity index (χ4v) is 3.95. The predicted octanol–water partition coefficient (Wildman–Crippen LogP) is 3.48. The zero-order valence-corrected chi connectivity index (χ0v) is 19.4. The van der Waals surface area contributed by atoms with Crippen molar-refractivity contribution in [3.05, 3.63) is 17.4 Å². The monoisotopic (exact) mass is 472 g/mol. The van der Waals surface area contributed by atoms with Crippen LogP contribution in [-0.4, -0.2) is 66.2 Å². The summed E-state index contributed by atoms with van der Waals surface area (Å²) in [7, 11) is 1.36. The smallest absolute Gasteiger partial charge is 0.410 e. The normalized spacial score (nSPS) is 20.5. The molecule has 3 heterocycles. The number of methoxy groups -OCH3 is 1. The van der Waals surface area contributed by atoms with E-state index in [4.69, 9.17) is 9.47 Å². The number of hydrogen-bond acceptors (Lipinski definition) is 6. The van der Waals surface area contributed by atoms with Gasteiger partial charge < -0.3 is 19.7 Å². The maximum atomic E-state index is 14.8. The van der Waals surface area contributed by atoms with Crippen molar-refractivity contribution in [2.75, 3.05) is 31.6 Å². The minimum Gasteiger partial charge on any atom is -0.481 e. The van der Waals surface area contributed by atoms with E-state index in [0.717, 1.165) is 0 Å². The van der Waals surface area contributed by atoms with E-state index in [1.165, 1.54) is 23.0 Å². The Morgan fingerprint density at radius 1 is 1.24 bits per heavy atom. The van der Waals surface area contributed by atoms with Gasteiger partial charge in [-0.15, -0.1) is 0 Å². The fourth-order valence-electron chi connectivity index (χ4n) is 3.95. The van der Waals surface area contributed by atoms with E-state index in [1.807, 2.05) is 0 Å². The summed E-state index contributed by atoms with van der Waals surface area (Å²) in [6.07, 6.45) is -0.136. The SMILES string of the molecule is COc1nc(N2CCC(F)(F)CC2)c(F)cc1CNC(=O)[C@@H]1CCCN1C(=O)OC(C)(C)C. The van der Waals surface area contributed by atoms with Crippen molar-refractivity contribution in [3.8, 4) is 5.88 Å². The number of alkyl halides is 2. The van der Waals surface area contributed by atoms with Crippen LogP contribution in [0.25, 0.3) is 0 Å². The Morgan fingerprint density at radius 2 is 1.91 bits per heavy atom. The molecule has 0 bridgehead atoms. The summed E-state index contributed by atoms with van der Waals surface area (Å²) in [5.74, 6) is -3.78. The van der Waals surface area contributed by atoms with Gasteiger partial charge in [-0.1, -0.05) is 0 Å². The molecule has 11 heteroatoms. The van der Waals surface area contributed by atoms with Gasteiger partial charge in [-0.05, 0) is 39.7 Å². The molecule has 1 aromatic heterocycles. The van der Waals surface area contributed by atoms with Gasteiger partial charge in [0.1, 0.15) is 11.6 Å². The molecule has 1 atom stereocenters. The molecular formula is C22H31F3N4O4. The van der Waals surface area contributed by atoms with Gasteiger partial charge in [0.05, 0.1) is 7.11 Å². The number of likely N-dealkylation sites (tertiary alicyclic amines) is 1. The minimum atomic E-state index is -2.76. The fraction of sp³-hybridized carbons (Fsp3) is 0.682. The van der Waals surface area contributed by atoms with E-state index in [-0.39, 0.29) is 50.1 Å². The van der Waals surface area contributed by atoms with E-state index in [9.17, 15) is 22.8 Å². The summed E-state index contributed by atoms with van der Waals surface area (Å²) in [6, 6.07) is 0.507. The molecule has 0 radical (unpaired) electrons. The lowest BCUT2D eigenvalue weighted by Gasteiger charge is -2.33. The van der Waals surface area contributed by atoms with Gasteiger partial charge in [0.2, 0.25) is 11.8 Å². The van der Waals surface area contributed by atoms with E-state index >= 15 is 0 Å². The van der Waals surface area contributed by atoms with Crippen molar-refractivity contribution >= 4 is 17.8 Å². The largest absolute Gasteiger partial charge is 0.481 e. The van der Waals surface area contributed by atoms with Crippen molar-refractivity contribution in [3.63, 3.8) is 0 Å². The van der Waals surface area contributed by atoms with Crippen LogP contribution in [0.4, 0.5) is 23.8 Å². The molecule has 2 aliphatic rings. The highest BCUT2D eigenvalue weighted by atomic mass is 19.3. The number of halogens is 3. The Kier molecular flexibility index (Phi) is 7.28. The third-order valence-corrected chi connectivity index (χ3v) is 5.62. The number of carbonyl (C=O) groups excluding carboxylic acids is 2. The molecule has 2 saturated heterocycles. The van der Waals surface area contributed by atoms with Crippen molar-refractivity contribution < 1.29 is 32.2 Å². The first-order valence-electron chi connectivity index (χ1n) is 11.0. The molecule has 0 aliphatic carbocycles.